The third kappa shape index (κ3) is 5.66. The van der Waals surface area contributed by atoms with E-state index in [1.165, 1.54) is 0 Å². The topological polar surface area (TPSA) is 87.7 Å². The smallest absolute Gasteiger partial charge is 0.190 e. The van der Waals surface area contributed by atoms with Crippen molar-refractivity contribution in [3.63, 3.8) is 0 Å². The van der Waals surface area contributed by atoms with Crippen molar-refractivity contribution in [2.24, 2.45) is 5.73 Å². The van der Waals surface area contributed by atoms with Gasteiger partial charge in [0.2, 0.25) is 0 Å². The normalized spacial score (nSPS) is 11.0. The maximum absolute atomic E-state index is 10.4. The van der Waals surface area contributed by atoms with Crippen LogP contribution in [0.15, 0.2) is 54.6 Å². The standard InChI is InChI=1S/C18H23N2O3PS/c1-23-16-10-7-15(8-11-16)13-20-18(25)24(21,22)17(19)12-9-14-5-3-2-4-6-14/h2-8,10-11,21-22H,9,12-13,19H2,1H3,(H,20,25). The summed E-state index contributed by atoms with van der Waals surface area (Å²) < 4.78 is 5.10. The Bertz CT molecular complexity index is 758. The molecule has 2 aromatic rings. The molecule has 0 atom stereocenters. The van der Waals surface area contributed by atoms with E-state index in [2.05, 4.69) is 5.32 Å². The van der Waals surface area contributed by atoms with E-state index in [1.54, 1.807) is 7.11 Å². The molecule has 0 amide bonds. The second kappa shape index (κ2) is 9.13. The first-order valence-electron chi connectivity index (χ1n) is 7.85. The van der Waals surface area contributed by atoms with Gasteiger partial charge in [0.1, 0.15) is 5.75 Å². The van der Waals surface area contributed by atoms with Crippen molar-refractivity contribution < 1.29 is 14.5 Å². The van der Waals surface area contributed by atoms with Crippen LogP contribution < -0.4 is 15.8 Å². The van der Waals surface area contributed by atoms with Gasteiger partial charge in [0, 0.05) is 12.0 Å². The van der Waals surface area contributed by atoms with Crippen LogP contribution in [0.1, 0.15) is 17.5 Å². The van der Waals surface area contributed by atoms with Crippen LogP contribution in [0.3, 0.4) is 0 Å². The highest BCUT2D eigenvalue weighted by Crippen LogP contribution is 2.40. The van der Waals surface area contributed by atoms with Gasteiger partial charge < -0.3 is 25.6 Å². The molecule has 5 nitrogen and oxygen atoms in total. The fourth-order valence-electron chi connectivity index (χ4n) is 2.23. The summed E-state index contributed by atoms with van der Waals surface area (Å²) in [6.45, 7) is 0.387. The Kier molecular flexibility index (Phi) is 7.17. The number of thiocarbonyl (C=S) groups is 1. The first-order chi connectivity index (χ1) is 11.9. The number of methoxy groups -OCH3 is 1. The lowest BCUT2D eigenvalue weighted by Gasteiger charge is -2.19. The van der Waals surface area contributed by atoms with Gasteiger partial charge in [-0.2, -0.15) is 0 Å². The third-order valence-corrected chi connectivity index (χ3v) is 6.46. The van der Waals surface area contributed by atoms with E-state index in [0.717, 1.165) is 16.9 Å². The molecular weight excluding hydrogens is 355 g/mol. The van der Waals surface area contributed by atoms with Gasteiger partial charge in [-0.05, 0) is 36.1 Å². The number of benzene rings is 2. The molecule has 0 aromatic heterocycles. The van der Waals surface area contributed by atoms with E-state index in [-0.39, 0.29) is 10.1 Å². The average molecular weight is 378 g/mol. The van der Waals surface area contributed by atoms with Crippen LogP contribution >= 0.6 is 19.6 Å². The number of aryl methyl sites for hydroxylation is 1. The number of nitrogens with one attached hydrogen (secondary N) is 1. The summed E-state index contributed by atoms with van der Waals surface area (Å²) in [5, 5.41) is 2.89. The lowest BCUT2D eigenvalue weighted by Crippen LogP contribution is -2.26. The van der Waals surface area contributed by atoms with Crippen LogP contribution in [0, 0.1) is 0 Å². The number of rotatable bonds is 7. The summed E-state index contributed by atoms with van der Waals surface area (Å²) in [7, 11) is -2.02. The molecule has 2 rings (SSSR count). The van der Waals surface area contributed by atoms with E-state index in [1.807, 2.05) is 54.6 Å². The summed E-state index contributed by atoms with van der Waals surface area (Å²) in [5.41, 5.74) is 8.09. The van der Waals surface area contributed by atoms with E-state index >= 15 is 0 Å². The van der Waals surface area contributed by atoms with E-state index in [9.17, 15) is 9.79 Å². The van der Waals surface area contributed by atoms with Crippen molar-refractivity contribution >= 4 is 29.7 Å². The number of hydrogen-bond acceptors (Lipinski definition) is 4. The minimum atomic E-state index is -3.62. The van der Waals surface area contributed by atoms with Crippen molar-refractivity contribution in [2.45, 2.75) is 19.4 Å². The predicted molar refractivity (Wildman–Crippen MR) is 108 cm³/mol. The van der Waals surface area contributed by atoms with Crippen LogP contribution in [0.5, 0.6) is 5.75 Å². The summed E-state index contributed by atoms with van der Waals surface area (Å²) in [4.78, 5) is 20.7. The van der Waals surface area contributed by atoms with Crippen LogP contribution in [-0.4, -0.2) is 27.0 Å². The van der Waals surface area contributed by atoms with Gasteiger partial charge >= 0.3 is 0 Å². The van der Waals surface area contributed by atoms with Gasteiger partial charge in [0.05, 0.1) is 7.11 Å². The fraction of sp³-hybridized carbons (Fsp3) is 0.222. The highest BCUT2D eigenvalue weighted by Gasteiger charge is 2.21. The molecule has 0 fully saturated rings. The van der Waals surface area contributed by atoms with E-state index in [4.69, 9.17) is 22.7 Å². The van der Waals surface area contributed by atoms with E-state index < -0.39 is 7.34 Å². The molecule has 0 radical (unpaired) electrons. The lowest BCUT2D eigenvalue weighted by atomic mass is 10.1. The van der Waals surface area contributed by atoms with Gasteiger partial charge in [-0.25, -0.2) is 0 Å². The van der Waals surface area contributed by atoms with Crippen molar-refractivity contribution in [1.82, 2.24) is 5.32 Å². The minimum absolute atomic E-state index is 0.00567. The van der Waals surface area contributed by atoms with E-state index in [0.29, 0.717) is 19.4 Å². The molecule has 0 aliphatic carbocycles. The minimum Gasteiger partial charge on any atom is -0.497 e. The molecular formula is C18H23N2O3PS. The summed E-state index contributed by atoms with van der Waals surface area (Å²) in [6, 6.07) is 17.2. The Morgan fingerprint density at radius 2 is 1.72 bits per heavy atom. The average Bonchev–Trinajstić information content (AvgIpc) is 2.65. The molecule has 0 saturated carbocycles. The lowest BCUT2D eigenvalue weighted by molar-refractivity contribution is 0.414. The fourth-order valence-corrected chi connectivity index (χ4v) is 3.64. The van der Waals surface area contributed by atoms with Crippen LogP contribution in [0.25, 0.3) is 0 Å². The SMILES string of the molecule is COc1ccc(CNC(=S)P(O)(O)=C(N)CCc2ccccc2)cc1. The Hall–Kier alpha value is -1.69. The van der Waals surface area contributed by atoms with Gasteiger partial charge in [0.25, 0.3) is 0 Å². The molecule has 0 spiro atoms. The molecule has 2 aromatic carbocycles. The molecule has 0 aliphatic heterocycles. The molecule has 134 valence electrons. The second-order valence-corrected chi connectivity index (χ2v) is 8.52. The van der Waals surface area contributed by atoms with Crippen molar-refractivity contribution in [3.8, 4) is 5.75 Å². The zero-order valence-electron chi connectivity index (χ0n) is 14.1. The molecule has 0 aliphatic rings. The maximum atomic E-state index is 10.4. The summed E-state index contributed by atoms with van der Waals surface area (Å²) in [5.74, 6) is 0.760. The van der Waals surface area contributed by atoms with Gasteiger partial charge in [-0.15, -0.1) is 0 Å². The first-order valence-corrected chi connectivity index (χ1v) is 9.95. The molecule has 0 unspecified atom stereocenters. The molecule has 7 heteroatoms. The molecule has 25 heavy (non-hydrogen) atoms. The number of ether oxygens (including phenoxy) is 1. The number of nitrogens with two attached hydrogens (primary N) is 1. The van der Waals surface area contributed by atoms with Crippen LogP contribution in [0.2, 0.25) is 0 Å². The maximum Gasteiger partial charge on any atom is 0.190 e. The molecule has 0 saturated heterocycles. The Labute approximate surface area is 153 Å². The van der Waals surface area contributed by atoms with Crippen molar-refractivity contribution in [1.29, 1.82) is 0 Å². The highest BCUT2D eigenvalue weighted by atomic mass is 32.1. The quantitative estimate of drug-likeness (QED) is 0.438. The largest absolute Gasteiger partial charge is 0.497 e. The monoisotopic (exact) mass is 378 g/mol. The predicted octanol–water partition coefficient (Wildman–Crippen LogP) is 2.62. The zero-order chi connectivity index (χ0) is 18.3. The highest BCUT2D eigenvalue weighted by molar-refractivity contribution is 8.01. The summed E-state index contributed by atoms with van der Waals surface area (Å²) in [6.07, 6.45) is 1.01. The zero-order valence-corrected chi connectivity index (χ0v) is 15.8. The first kappa shape index (κ1) is 19.6. The Balaban J connectivity index is 1.96. The third-order valence-electron chi connectivity index (χ3n) is 3.80. The van der Waals surface area contributed by atoms with Crippen LogP contribution in [-0.2, 0) is 13.0 Å². The molecule has 0 heterocycles. The molecule has 0 bridgehead atoms. The van der Waals surface area contributed by atoms with Gasteiger partial charge in [0.15, 0.2) is 12.1 Å². The van der Waals surface area contributed by atoms with Crippen molar-refractivity contribution in [2.75, 3.05) is 7.11 Å². The van der Waals surface area contributed by atoms with Gasteiger partial charge in [-0.1, -0.05) is 54.7 Å². The summed E-state index contributed by atoms with van der Waals surface area (Å²) >= 11 is 5.16. The number of hydrogen-bond donors (Lipinski definition) is 4. The second-order valence-electron chi connectivity index (χ2n) is 5.58. The Morgan fingerprint density at radius 1 is 1.08 bits per heavy atom. The van der Waals surface area contributed by atoms with Gasteiger partial charge in [-0.3, -0.25) is 0 Å². The Morgan fingerprint density at radius 3 is 2.32 bits per heavy atom. The molecule has 5 N–H and O–H groups in total. The van der Waals surface area contributed by atoms with Crippen molar-refractivity contribution in [3.05, 3.63) is 65.7 Å². The van der Waals surface area contributed by atoms with Crippen LogP contribution in [0.4, 0.5) is 0 Å².